The summed E-state index contributed by atoms with van der Waals surface area (Å²) in [4.78, 5) is 40.7. The summed E-state index contributed by atoms with van der Waals surface area (Å²) in [6, 6.07) is 0.870. The molecule has 184 valence electrons. The first-order valence-electron chi connectivity index (χ1n) is 11.4. The van der Waals surface area contributed by atoms with Gasteiger partial charge >= 0.3 is 0 Å². The molecule has 1 amide bonds. The third kappa shape index (κ3) is 3.06. The molecule has 0 spiro atoms. The molecule has 34 heavy (non-hydrogen) atoms. The molecule has 0 saturated heterocycles. The number of aliphatic hydroxyl groups is 3. The van der Waals surface area contributed by atoms with Gasteiger partial charge < -0.3 is 36.8 Å². The fourth-order valence-electron chi connectivity index (χ4n) is 6.28. The summed E-state index contributed by atoms with van der Waals surface area (Å²) >= 11 is 0. The maximum absolute atomic E-state index is 13.8. The van der Waals surface area contributed by atoms with E-state index >= 15 is 0 Å². The minimum absolute atomic E-state index is 0.0132. The van der Waals surface area contributed by atoms with Gasteiger partial charge in [-0.1, -0.05) is 13.0 Å². The second-order valence-corrected chi connectivity index (χ2v) is 9.74. The highest BCUT2D eigenvalue weighted by Crippen LogP contribution is 2.52. The van der Waals surface area contributed by atoms with Crippen LogP contribution in [0, 0.1) is 17.8 Å². The highest BCUT2D eigenvalue weighted by Gasteiger charge is 2.67. The van der Waals surface area contributed by atoms with E-state index in [4.69, 9.17) is 11.5 Å². The molecule has 10 heteroatoms. The molecule has 0 aromatic heterocycles. The fraction of sp³-hybridized carbons (Fsp3) is 0.542. The normalized spacial score (nSPS) is 33.0. The Morgan fingerprint density at radius 1 is 1.24 bits per heavy atom. The van der Waals surface area contributed by atoms with Crippen molar-refractivity contribution in [2.45, 2.75) is 50.5 Å². The Bertz CT molecular complexity index is 1130. The summed E-state index contributed by atoms with van der Waals surface area (Å²) in [5, 5.41) is 44.5. The van der Waals surface area contributed by atoms with Gasteiger partial charge in [0, 0.05) is 29.6 Å². The Morgan fingerprint density at radius 2 is 1.88 bits per heavy atom. The van der Waals surface area contributed by atoms with Crippen molar-refractivity contribution in [3.05, 3.63) is 33.9 Å². The number of fused-ring (bicyclic) bond motifs is 3. The maximum Gasteiger partial charge on any atom is 0.230 e. The highest BCUT2D eigenvalue weighted by atomic mass is 16.3. The maximum atomic E-state index is 13.8. The molecule has 1 aromatic rings. The van der Waals surface area contributed by atoms with Crippen LogP contribution in [0.4, 0.5) is 0 Å². The average Bonchev–Trinajstić information content (AvgIpc) is 2.76. The van der Waals surface area contributed by atoms with Gasteiger partial charge in [0.05, 0.1) is 11.7 Å². The molecule has 6 atom stereocenters. The van der Waals surface area contributed by atoms with E-state index in [1.807, 2.05) is 6.92 Å². The number of amides is 1. The van der Waals surface area contributed by atoms with Crippen LogP contribution in [0.1, 0.15) is 35.6 Å². The van der Waals surface area contributed by atoms with Crippen LogP contribution in [0.15, 0.2) is 11.6 Å². The number of hydrogen-bond acceptors (Lipinski definition) is 9. The van der Waals surface area contributed by atoms with Gasteiger partial charge in [-0.2, -0.15) is 0 Å². The van der Waals surface area contributed by atoms with E-state index in [1.165, 1.54) is 0 Å². The van der Waals surface area contributed by atoms with Gasteiger partial charge in [-0.25, -0.2) is 0 Å². The van der Waals surface area contributed by atoms with E-state index in [9.17, 15) is 34.8 Å². The first kappa shape index (κ1) is 24.3. The lowest BCUT2D eigenvalue weighted by atomic mass is 9.54. The van der Waals surface area contributed by atoms with Gasteiger partial charge in [0.15, 0.2) is 11.4 Å². The Kier molecular flexibility index (Phi) is 5.84. The number of phenolic OH excluding ortho intramolecular Hbond substituents is 1. The molecule has 0 aliphatic heterocycles. The van der Waals surface area contributed by atoms with Gasteiger partial charge in [0.25, 0.3) is 0 Å². The number of likely N-dealkylation sites (N-methyl/N-ethyl adjacent to an activating group) is 1. The van der Waals surface area contributed by atoms with Crippen molar-refractivity contribution in [2.24, 2.45) is 29.2 Å². The lowest BCUT2D eigenvalue weighted by Crippen LogP contribution is -2.73. The zero-order valence-electron chi connectivity index (χ0n) is 19.4. The van der Waals surface area contributed by atoms with Crippen molar-refractivity contribution in [3.63, 3.8) is 0 Å². The van der Waals surface area contributed by atoms with Gasteiger partial charge in [0.1, 0.15) is 17.4 Å². The molecule has 10 nitrogen and oxygen atoms in total. The molecule has 3 aliphatic carbocycles. The predicted octanol–water partition coefficient (Wildman–Crippen LogP) is -0.850. The van der Waals surface area contributed by atoms with Crippen LogP contribution in [0.5, 0.6) is 5.75 Å². The van der Waals surface area contributed by atoms with Crippen LogP contribution in [0.25, 0.3) is 5.76 Å². The van der Waals surface area contributed by atoms with Crippen molar-refractivity contribution in [1.29, 1.82) is 0 Å². The zero-order chi connectivity index (χ0) is 25.3. The van der Waals surface area contributed by atoms with E-state index in [1.54, 1.807) is 25.1 Å². The monoisotopic (exact) mass is 473 g/mol. The molecule has 1 aromatic carbocycles. The molecule has 2 saturated carbocycles. The summed E-state index contributed by atoms with van der Waals surface area (Å²) in [6.45, 7) is 1.94. The first-order chi connectivity index (χ1) is 15.9. The van der Waals surface area contributed by atoms with Gasteiger partial charge in [-0.05, 0) is 50.4 Å². The second-order valence-electron chi connectivity index (χ2n) is 9.74. The SMILES string of the molecule is CCc1cc(CN)c(O)c2c1C[C@H]1C[C@H]3C(N(C)C)C(O)C(C(N)=O)C(=O)[C@@]3(O)C(=O)C1=C2O. The number of nitrogens with two attached hydrogens (primary N) is 2. The lowest BCUT2D eigenvalue weighted by Gasteiger charge is -2.53. The van der Waals surface area contributed by atoms with Crippen molar-refractivity contribution in [1.82, 2.24) is 4.90 Å². The predicted molar refractivity (Wildman–Crippen MR) is 121 cm³/mol. The number of carbonyl (C=O) groups excluding carboxylic acids is 3. The number of carbonyl (C=O) groups is 3. The molecule has 0 radical (unpaired) electrons. The Hall–Kier alpha value is -2.79. The number of aryl methyl sites for hydroxylation is 1. The molecule has 3 aliphatic rings. The molecule has 8 N–H and O–H groups in total. The molecular weight excluding hydrogens is 442 g/mol. The third-order valence-electron chi connectivity index (χ3n) is 7.86. The standard InChI is InChI=1S/C24H31N3O7/c1-4-9-5-11(8-25)18(28)15-12(9)6-10-7-13-17(27(2)3)20(30)16(23(26)33)22(32)24(13,34)21(31)14(10)19(15)29/h5,10,13,16-17,20,28-30,34H,4,6-8,25H2,1-3H3,(H2,26,33)/t10-,13-,16?,17?,20?,24-/m0/s1. The van der Waals surface area contributed by atoms with E-state index < -0.39 is 58.7 Å². The van der Waals surface area contributed by atoms with E-state index in [0.29, 0.717) is 17.5 Å². The average molecular weight is 474 g/mol. The quantitative estimate of drug-likeness (QED) is 0.303. The minimum Gasteiger partial charge on any atom is -0.507 e. The van der Waals surface area contributed by atoms with Gasteiger partial charge in [-0.15, -0.1) is 0 Å². The number of benzene rings is 1. The van der Waals surface area contributed by atoms with E-state index in [2.05, 4.69) is 0 Å². The zero-order valence-corrected chi connectivity index (χ0v) is 19.4. The number of ketones is 2. The van der Waals surface area contributed by atoms with Crippen LogP contribution < -0.4 is 11.5 Å². The third-order valence-corrected chi connectivity index (χ3v) is 7.86. The number of primary amides is 1. The smallest absolute Gasteiger partial charge is 0.230 e. The number of hydrogen-bond donors (Lipinski definition) is 6. The topological polar surface area (TPSA) is 187 Å². The molecular formula is C24H31N3O7. The summed E-state index contributed by atoms with van der Waals surface area (Å²) in [5.41, 5.74) is 10.3. The summed E-state index contributed by atoms with van der Waals surface area (Å²) in [5.74, 6) is -7.45. The second kappa shape index (κ2) is 8.16. The number of aliphatic hydroxyl groups excluding tert-OH is 2. The molecule has 3 unspecified atom stereocenters. The molecule has 2 fully saturated rings. The van der Waals surface area contributed by atoms with Crippen molar-refractivity contribution < 1.29 is 34.8 Å². The lowest BCUT2D eigenvalue weighted by molar-refractivity contribution is -0.184. The Morgan fingerprint density at radius 3 is 2.41 bits per heavy atom. The summed E-state index contributed by atoms with van der Waals surface area (Å²) in [6.07, 6.45) is -0.515. The fourth-order valence-corrected chi connectivity index (χ4v) is 6.28. The first-order valence-corrected chi connectivity index (χ1v) is 11.4. The van der Waals surface area contributed by atoms with Crippen LogP contribution >= 0.6 is 0 Å². The highest BCUT2D eigenvalue weighted by molar-refractivity contribution is 6.25. The van der Waals surface area contributed by atoms with Crippen LogP contribution in [0.2, 0.25) is 0 Å². The number of phenols is 1. The number of aromatic hydroxyl groups is 1. The number of rotatable bonds is 4. The molecule has 0 heterocycles. The minimum atomic E-state index is -2.65. The largest absolute Gasteiger partial charge is 0.507 e. The van der Waals surface area contributed by atoms with Crippen LogP contribution in [0.3, 0.4) is 0 Å². The van der Waals surface area contributed by atoms with Crippen molar-refractivity contribution >= 4 is 23.2 Å². The van der Waals surface area contributed by atoms with Crippen LogP contribution in [-0.4, -0.2) is 74.6 Å². The molecule has 0 bridgehead atoms. The number of nitrogens with zero attached hydrogens (tertiary/aromatic N) is 1. The Labute approximate surface area is 196 Å². The van der Waals surface area contributed by atoms with E-state index in [-0.39, 0.29) is 36.3 Å². The van der Waals surface area contributed by atoms with Crippen LogP contribution in [-0.2, 0) is 33.8 Å². The molecule has 4 rings (SSSR count). The van der Waals surface area contributed by atoms with Gasteiger partial charge in [0.2, 0.25) is 11.7 Å². The van der Waals surface area contributed by atoms with E-state index in [0.717, 1.165) is 5.56 Å². The summed E-state index contributed by atoms with van der Waals surface area (Å²) < 4.78 is 0. The van der Waals surface area contributed by atoms with Crippen molar-refractivity contribution in [3.8, 4) is 5.75 Å². The Balaban J connectivity index is 1.95. The number of Topliss-reactive ketones (excluding diaryl/α,β-unsaturated/α-hetero) is 2. The summed E-state index contributed by atoms with van der Waals surface area (Å²) in [7, 11) is 3.24. The van der Waals surface area contributed by atoms with Crippen molar-refractivity contribution in [2.75, 3.05) is 14.1 Å². The van der Waals surface area contributed by atoms with Gasteiger partial charge in [-0.3, -0.25) is 14.4 Å².